The Hall–Kier alpha value is -2.67. The maximum Gasteiger partial charge on any atom is 0.263 e. The van der Waals surface area contributed by atoms with E-state index in [0.717, 1.165) is 12.0 Å². The number of carbonyl (C=O) groups is 1. The number of amidine groups is 1. The van der Waals surface area contributed by atoms with Gasteiger partial charge in [0.05, 0.1) is 4.90 Å². The van der Waals surface area contributed by atoms with Crippen LogP contribution in [0.1, 0.15) is 43.4 Å². The van der Waals surface area contributed by atoms with Crippen LogP contribution < -0.4 is 10.0 Å². The van der Waals surface area contributed by atoms with Gasteiger partial charge in [-0.2, -0.15) is 0 Å². The van der Waals surface area contributed by atoms with Crippen LogP contribution in [0.4, 0.5) is 0 Å². The summed E-state index contributed by atoms with van der Waals surface area (Å²) in [5.74, 6) is 0.462. The molecule has 1 amide bonds. The highest BCUT2D eigenvalue weighted by Crippen LogP contribution is 2.22. The third-order valence-electron chi connectivity index (χ3n) is 4.72. The zero-order valence-electron chi connectivity index (χ0n) is 16.3. The Morgan fingerprint density at radius 2 is 1.75 bits per heavy atom. The first-order chi connectivity index (χ1) is 13.3. The molecule has 1 atom stereocenters. The lowest BCUT2D eigenvalue weighted by Gasteiger charge is -2.10. The Bertz CT molecular complexity index is 996. The van der Waals surface area contributed by atoms with E-state index in [1.54, 1.807) is 25.1 Å². The Labute approximate surface area is 166 Å². The molecule has 2 aromatic carbocycles. The lowest BCUT2D eigenvalue weighted by atomic mass is 10.0. The summed E-state index contributed by atoms with van der Waals surface area (Å²) in [5, 5.41) is 2.86. The second-order valence-corrected chi connectivity index (χ2v) is 8.84. The Morgan fingerprint density at radius 3 is 2.43 bits per heavy atom. The first-order valence-electron chi connectivity index (χ1n) is 9.34. The van der Waals surface area contributed by atoms with Crippen molar-refractivity contribution < 1.29 is 13.2 Å². The van der Waals surface area contributed by atoms with E-state index in [9.17, 15) is 13.2 Å². The van der Waals surface area contributed by atoms with Crippen LogP contribution in [0.15, 0.2) is 58.4 Å². The SMILES string of the molecule is CC(C)c1ccc(CCNC(=O)[C@@H](C)N=C2NS(=O)(=O)c3ccccc32)cc1. The quantitative estimate of drug-likeness (QED) is 0.783. The number of hydrogen-bond acceptors (Lipinski definition) is 4. The minimum Gasteiger partial charge on any atom is -0.354 e. The number of sulfonamides is 1. The van der Waals surface area contributed by atoms with Crippen molar-refractivity contribution in [2.45, 2.75) is 44.0 Å². The molecule has 0 saturated heterocycles. The second-order valence-electron chi connectivity index (χ2n) is 7.19. The van der Waals surface area contributed by atoms with E-state index < -0.39 is 16.1 Å². The van der Waals surface area contributed by atoms with Crippen LogP contribution in [0.2, 0.25) is 0 Å². The number of hydrogen-bond donors (Lipinski definition) is 2. The van der Waals surface area contributed by atoms with Gasteiger partial charge in [0.15, 0.2) is 0 Å². The fraction of sp³-hybridized carbons (Fsp3) is 0.333. The molecule has 0 aliphatic carbocycles. The Morgan fingerprint density at radius 1 is 1.07 bits per heavy atom. The van der Waals surface area contributed by atoms with E-state index in [2.05, 4.69) is 53.1 Å². The molecule has 1 heterocycles. The predicted octanol–water partition coefficient (Wildman–Crippen LogP) is 2.60. The molecule has 7 heteroatoms. The van der Waals surface area contributed by atoms with Gasteiger partial charge in [0.25, 0.3) is 10.0 Å². The van der Waals surface area contributed by atoms with Crippen LogP contribution in [0, 0.1) is 0 Å². The highest BCUT2D eigenvalue weighted by Gasteiger charge is 2.31. The first-order valence-corrected chi connectivity index (χ1v) is 10.8. The smallest absolute Gasteiger partial charge is 0.263 e. The number of aliphatic imine (C=N–C) groups is 1. The summed E-state index contributed by atoms with van der Waals surface area (Å²) < 4.78 is 26.7. The minimum atomic E-state index is -3.60. The van der Waals surface area contributed by atoms with Crippen LogP contribution in [-0.2, 0) is 21.2 Å². The number of nitrogens with one attached hydrogen (secondary N) is 2. The van der Waals surface area contributed by atoms with Crippen LogP contribution in [-0.4, -0.2) is 32.7 Å². The van der Waals surface area contributed by atoms with Gasteiger partial charge in [0.1, 0.15) is 11.9 Å². The standard InChI is InChI=1S/C21H25N3O3S/c1-14(2)17-10-8-16(9-11-17)12-13-22-21(25)15(3)23-20-18-6-4-5-7-19(18)28(26,27)24-20/h4-11,14-15H,12-13H2,1-3H3,(H,22,25)(H,23,24)/t15-/m1/s1. The van der Waals surface area contributed by atoms with Crippen molar-refractivity contribution >= 4 is 21.8 Å². The summed E-state index contributed by atoms with van der Waals surface area (Å²) in [4.78, 5) is 16.8. The zero-order valence-corrected chi connectivity index (χ0v) is 17.1. The van der Waals surface area contributed by atoms with Crippen molar-refractivity contribution in [3.8, 4) is 0 Å². The third-order valence-corrected chi connectivity index (χ3v) is 6.12. The van der Waals surface area contributed by atoms with Crippen molar-refractivity contribution in [2.75, 3.05) is 6.54 Å². The maximum atomic E-state index is 12.3. The second kappa shape index (κ2) is 8.14. The van der Waals surface area contributed by atoms with Gasteiger partial charge in [-0.25, -0.2) is 8.42 Å². The van der Waals surface area contributed by atoms with E-state index in [1.807, 2.05) is 0 Å². The minimum absolute atomic E-state index is 0.186. The third kappa shape index (κ3) is 4.42. The molecule has 148 valence electrons. The van der Waals surface area contributed by atoms with Crippen molar-refractivity contribution in [1.29, 1.82) is 0 Å². The van der Waals surface area contributed by atoms with E-state index in [0.29, 0.717) is 18.0 Å². The number of benzene rings is 2. The largest absolute Gasteiger partial charge is 0.354 e. The molecule has 0 bridgehead atoms. The summed E-state index contributed by atoms with van der Waals surface area (Å²) in [5.41, 5.74) is 2.94. The molecule has 3 rings (SSSR count). The van der Waals surface area contributed by atoms with Gasteiger partial charge in [0.2, 0.25) is 5.91 Å². The molecular weight excluding hydrogens is 374 g/mol. The fourth-order valence-corrected chi connectivity index (χ4v) is 4.27. The molecule has 28 heavy (non-hydrogen) atoms. The summed E-state index contributed by atoms with van der Waals surface area (Å²) >= 11 is 0. The van der Waals surface area contributed by atoms with Gasteiger partial charge in [0, 0.05) is 12.1 Å². The normalized spacial score (nSPS) is 17.2. The number of amides is 1. The topological polar surface area (TPSA) is 87.6 Å². The monoisotopic (exact) mass is 399 g/mol. The highest BCUT2D eigenvalue weighted by atomic mass is 32.2. The first kappa shape index (κ1) is 20.1. The van der Waals surface area contributed by atoms with Gasteiger partial charge in [-0.15, -0.1) is 0 Å². The Balaban J connectivity index is 1.59. The summed E-state index contributed by atoms with van der Waals surface area (Å²) in [7, 11) is -3.60. The van der Waals surface area contributed by atoms with E-state index in [-0.39, 0.29) is 16.6 Å². The summed E-state index contributed by atoms with van der Waals surface area (Å²) in [6, 6.07) is 14.3. The van der Waals surface area contributed by atoms with Gasteiger partial charge in [-0.05, 0) is 42.5 Å². The molecule has 0 saturated carbocycles. The lowest BCUT2D eigenvalue weighted by molar-refractivity contribution is -0.121. The highest BCUT2D eigenvalue weighted by molar-refractivity contribution is 7.90. The molecule has 2 aromatic rings. The lowest BCUT2D eigenvalue weighted by Crippen LogP contribution is -2.35. The molecule has 0 fully saturated rings. The van der Waals surface area contributed by atoms with Crippen LogP contribution in [0.5, 0.6) is 0 Å². The number of carbonyl (C=O) groups excluding carboxylic acids is 1. The molecule has 0 aromatic heterocycles. The van der Waals surface area contributed by atoms with Crippen molar-refractivity contribution in [2.24, 2.45) is 4.99 Å². The van der Waals surface area contributed by atoms with E-state index in [4.69, 9.17) is 0 Å². The van der Waals surface area contributed by atoms with E-state index >= 15 is 0 Å². The average Bonchev–Trinajstić information content (AvgIpc) is 2.92. The average molecular weight is 400 g/mol. The maximum absolute atomic E-state index is 12.3. The summed E-state index contributed by atoms with van der Waals surface area (Å²) in [6.07, 6.45) is 0.725. The van der Waals surface area contributed by atoms with Crippen LogP contribution >= 0.6 is 0 Å². The van der Waals surface area contributed by atoms with Crippen LogP contribution in [0.25, 0.3) is 0 Å². The summed E-state index contributed by atoms with van der Waals surface area (Å²) in [6.45, 7) is 6.45. The molecule has 0 spiro atoms. The van der Waals surface area contributed by atoms with Crippen LogP contribution in [0.3, 0.4) is 0 Å². The van der Waals surface area contributed by atoms with Gasteiger partial charge < -0.3 is 5.32 Å². The molecular formula is C21H25N3O3S. The molecule has 2 N–H and O–H groups in total. The van der Waals surface area contributed by atoms with Crippen molar-refractivity contribution in [1.82, 2.24) is 10.0 Å². The fourth-order valence-electron chi connectivity index (χ4n) is 3.03. The van der Waals surface area contributed by atoms with Crippen molar-refractivity contribution in [3.63, 3.8) is 0 Å². The van der Waals surface area contributed by atoms with E-state index in [1.165, 1.54) is 11.6 Å². The number of nitrogens with zero attached hydrogens (tertiary/aromatic N) is 1. The predicted molar refractivity (Wildman–Crippen MR) is 110 cm³/mol. The number of rotatable bonds is 6. The molecule has 1 aliphatic heterocycles. The molecule has 0 radical (unpaired) electrons. The molecule has 6 nitrogen and oxygen atoms in total. The van der Waals surface area contributed by atoms with Gasteiger partial charge in [-0.1, -0.05) is 50.2 Å². The zero-order chi connectivity index (χ0) is 20.3. The molecule has 0 unspecified atom stereocenters. The van der Waals surface area contributed by atoms with Gasteiger partial charge in [-0.3, -0.25) is 14.5 Å². The molecule has 1 aliphatic rings. The van der Waals surface area contributed by atoms with Gasteiger partial charge >= 0.3 is 0 Å². The Kier molecular flexibility index (Phi) is 5.84. The number of fused-ring (bicyclic) bond motifs is 1. The van der Waals surface area contributed by atoms with Crippen molar-refractivity contribution in [3.05, 3.63) is 65.2 Å².